The van der Waals surface area contributed by atoms with Crippen molar-refractivity contribution in [2.75, 3.05) is 0 Å². The van der Waals surface area contributed by atoms with E-state index in [1.54, 1.807) is 0 Å². The Balaban J connectivity index is 2.46. The number of fused-ring (bicyclic) bond motifs is 2. The van der Waals surface area contributed by atoms with E-state index in [2.05, 4.69) is 67.1 Å². The molecule has 3 rings (SSSR count). The lowest BCUT2D eigenvalue weighted by Gasteiger charge is -2.20. The van der Waals surface area contributed by atoms with E-state index in [0.29, 0.717) is 0 Å². The molecule has 0 atom stereocenters. The second kappa shape index (κ2) is 4.02. The molecule has 0 unspecified atom stereocenters. The summed E-state index contributed by atoms with van der Waals surface area (Å²) in [5.74, 6) is 0.840. The molecular formula is C17H18N2. The zero-order valence-electron chi connectivity index (χ0n) is 11.9. The zero-order chi connectivity index (χ0) is 13.6. The molecule has 2 heteroatoms. The fourth-order valence-electron chi connectivity index (χ4n) is 2.50. The summed E-state index contributed by atoms with van der Waals surface area (Å²) in [4.78, 5) is 9.26. The van der Waals surface area contributed by atoms with Crippen LogP contribution in [-0.4, -0.2) is 9.97 Å². The third-order valence-corrected chi connectivity index (χ3v) is 3.39. The summed E-state index contributed by atoms with van der Waals surface area (Å²) in [5, 5.41) is 3.64. The summed E-state index contributed by atoms with van der Waals surface area (Å²) < 4.78 is 0. The maximum Gasteiger partial charge on any atom is 0.126 e. The smallest absolute Gasteiger partial charge is 0.126 e. The number of nitrogens with zero attached hydrogens (tertiary/aromatic N) is 2. The van der Waals surface area contributed by atoms with Crippen LogP contribution in [0, 0.1) is 6.92 Å². The predicted octanol–water partition coefficient (Wildman–Crippen LogP) is 4.39. The first kappa shape index (κ1) is 12.1. The Kier molecular flexibility index (Phi) is 2.56. The van der Waals surface area contributed by atoms with Crippen molar-refractivity contribution in [1.82, 2.24) is 9.97 Å². The Morgan fingerprint density at radius 3 is 2.16 bits per heavy atom. The van der Waals surface area contributed by atoms with Gasteiger partial charge >= 0.3 is 0 Å². The van der Waals surface area contributed by atoms with Crippen LogP contribution in [0.2, 0.25) is 0 Å². The first-order chi connectivity index (χ1) is 8.95. The maximum absolute atomic E-state index is 4.67. The van der Waals surface area contributed by atoms with E-state index in [1.807, 2.05) is 6.92 Å². The van der Waals surface area contributed by atoms with Gasteiger partial charge < -0.3 is 0 Å². The van der Waals surface area contributed by atoms with E-state index < -0.39 is 0 Å². The van der Waals surface area contributed by atoms with E-state index in [1.165, 1.54) is 10.8 Å². The van der Waals surface area contributed by atoms with Crippen LogP contribution >= 0.6 is 0 Å². The first-order valence-electron chi connectivity index (χ1n) is 6.63. The van der Waals surface area contributed by atoms with Crippen molar-refractivity contribution in [2.45, 2.75) is 33.1 Å². The van der Waals surface area contributed by atoms with E-state index in [-0.39, 0.29) is 5.41 Å². The summed E-state index contributed by atoms with van der Waals surface area (Å²) in [5.41, 5.74) is 2.19. The van der Waals surface area contributed by atoms with Crippen LogP contribution in [0.3, 0.4) is 0 Å². The molecule has 0 aliphatic rings. The number of aromatic nitrogens is 2. The molecule has 0 N–H and O–H groups in total. The summed E-state index contributed by atoms with van der Waals surface area (Å²) in [6.45, 7) is 8.56. The summed E-state index contributed by atoms with van der Waals surface area (Å²) >= 11 is 0. The predicted molar refractivity (Wildman–Crippen MR) is 80.5 cm³/mol. The van der Waals surface area contributed by atoms with Gasteiger partial charge in [0.25, 0.3) is 0 Å². The highest BCUT2D eigenvalue weighted by atomic mass is 14.9. The van der Waals surface area contributed by atoms with E-state index in [0.717, 1.165) is 22.4 Å². The Hall–Kier alpha value is -1.96. The third-order valence-electron chi connectivity index (χ3n) is 3.39. The largest absolute Gasteiger partial charge is 0.237 e. The fourth-order valence-corrected chi connectivity index (χ4v) is 2.50. The lowest BCUT2D eigenvalue weighted by atomic mass is 9.88. The van der Waals surface area contributed by atoms with Crippen LogP contribution in [0.15, 0.2) is 36.4 Å². The van der Waals surface area contributed by atoms with Gasteiger partial charge in [-0.15, -0.1) is 0 Å². The molecule has 0 spiro atoms. The maximum atomic E-state index is 4.67. The van der Waals surface area contributed by atoms with E-state index >= 15 is 0 Å². The molecule has 0 amide bonds. The molecule has 1 heterocycles. The van der Waals surface area contributed by atoms with Crippen molar-refractivity contribution in [3.05, 3.63) is 47.9 Å². The molecule has 0 saturated carbocycles. The van der Waals surface area contributed by atoms with Crippen molar-refractivity contribution < 1.29 is 0 Å². The number of aryl methyl sites for hydroxylation is 1. The summed E-state index contributed by atoms with van der Waals surface area (Å²) in [6.07, 6.45) is 0. The minimum Gasteiger partial charge on any atom is -0.237 e. The van der Waals surface area contributed by atoms with Gasteiger partial charge in [-0.05, 0) is 29.8 Å². The topological polar surface area (TPSA) is 25.8 Å². The molecule has 0 saturated heterocycles. The van der Waals surface area contributed by atoms with Crippen LogP contribution in [0.25, 0.3) is 21.7 Å². The Morgan fingerprint density at radius 2 is 1.53 bits per heavy atom. The molecule has 0 aliphatic heterocycles. The second-order valence-corrected chi connectivity index (χ2v) is 6.09. The van der Waals surface area contributed by atoms with Gasteiger partial charge in [0.05, 0.1) is 11.2 Å². The van der Waals surface area contributed by atoms with Crippen molar-refractivity contribution >= 4 is 21.7 Å². The molecule has 3 aromatic rings. The molecule has 2 nitrogen and oxygen atoms in total. The van der Waals surface area contributed by atoms with Crippen molar-refractivity contribution in [3.8, 4) is 0 Å². The minimum atomic E-state index is 0.0222. The van der Waals surface area contributed by atoms with Gasteiger partial charge in [0, 0.05) is 10.8 Å². The average molecular weight is 250 g/mol. The fraction of sp³-hybridized carbons (Fsp3) is 0.294. The molecule has 0 bridgehead atoms. The number of hydrogen-bond acceptors (Lipinski definition) is 2. The molecule has 0 aliphatic carbocycles. The standard InChI is InChI=1S/C17H18N2/c1-11-18-15-10-13-8-6-5-7-12(13)9-14(15)16(19-11)17(2,3)4/h5-10H,1-4H3. The Labute approximate surface area is 113 Å². The van der Waals surface area contributed by atoms with Crippen LogP contribution in [0.5, 0.6) is 0 Å². The van der Waals surface area contributed by atoms with Gasteiger partial charge in [-0.2, -0.15) is 0 Å². The van der Waals surface area contributed by atoms with Crippen molar-refractivity contribution in [1.29, 1.82) is 0 Å². The summed E-state index contributed by atoms with van der Waals surface area (Å²) in [6, 6.07) is 12.8. The normalized spacial score (nSPS) is 12.2. The van der Waals surface area contributed by atoms with Crippen LogP contribution in [0.4, 0.5) is 0 Å². The average Bonchev–Trinajstić information content (AvgIpc) is 2.34. The quantitative estimate of drug-likeness (QED) is 0.553. The van der Waals surface area contributed by atoms with Crippen LogP contribution in [0.1, 0.15) is 32.3 Å². The molecule has 96 valence electrons. The Bertz CT molecular complexity index is 767. The highest BCUT2D eigenvalue weighted by molar-refractivity contribution is 5.97. The van der Waals surface area contributed by atoms with Gasteiger partial charge in [0.15, 0.2) is 0 Å². The molecule has 0 radical (unpaired) electrons. The van der Waals surface area contributed by atoms with Crippen molar-refractivity contribution in [3.63, 3.8) is 0 Å². The molecule has 19 heavy (non-hydrogen) atoms. The Morgan fingerprint density at radius 1 is 0.895 bits per heavy atom. The van der Waals surface area contributed by atoms with Gasteiger partial charge in [0.1, 0.15) is 5.82 Å². The number of benzene rings is 2. The van der Waals surface area contributed by atoms with E-state index in [9.17, 15) is 0 Å². The molecule has 2 aromatic carbocycles. The molecular weight excluding hydrogens is 232 g/mol. The van der Waals surface area contributed by atoms with Gasteiger partial charge in [-0.25, -0.2) is 9.97 Å². The van der Waals surface area contributed by atoms with Gasteiger partial charge in [-0.3, -0.25) is 0 Å². The second-order valence-electron chi connectivity index (χ2n) is 6.09. The highest BCUT2D eigenvalue weighted by Gasteiger charge is 2.20. The third kappa shape index (κ3) is 2.07. The lowest BCUT2D eigenvalue weighted by molar-refractivity contribution is 0.572. The number of hydrogen-bond donors (Lipinski definition) is 0. The van der Waals surface area contributed by atoms with Crippen molar-refractivity contribution in [2.24, 2.45) is 0 Å². The molecule has 0 fully saturated rings. The van der Waals surface area contributed by atoms with E-state index in [4.69, 9.17) is 0 Å². The summed E-state index contributed by atoms with van der Waals surface area (Å²) in [7, 11) is 0. The zero-order valence-corrected chi connectivity index (χ0v) is 11.9. The van der Waals surface area contributed by atoms with Crippen LogP contribution < -0.4 is 0 Å². The SMILES string of the molecule is Cc1nc(C(C)(C)C)c2cc3ccccc3cc2n1. The first-order valence-corrected chi connectivity index (χ1v) is 6.63. The van der Waals surface area contributed by atoms with Crippen LogP contribution in [-0.2, 0) is 5.41 Å². The number of rotatable bonds is 0. The minimum absolute atomic E-state index is 0.0222. The van der Waals surface area contributed by atoms with Gasteiger partial charge in [0.2, 0.25) is 0 Å². The lowest BCUT2D eigenvalue weighted by Crippen LogP contribution is -2.15. The highest BCUT2D eigenvalue weighted by Crippen LogP contribution is 2.30. The van der Waals surface area contributed by atoms with Gasteiger partial charge in [-0.1, -0.05) is 45.0 Å². The monoisotopic (exact) mass is 250 g/mol. The molecule has 1 aromatic heterocycles.